The Morgan fingerprint density at radius 3 is 2.70 bits per heavy atom. The van der Waals surface area contributed by atoms with E-state index in [1.54, 1.807) is 17.0 Å². The lowest BCUT2D eigenvalue weighted by Gasteiger charge is -2.32. The van der Waals surface area contributed by atoms with Gasteiger partial charge in [0.2, 0.25) is 5.91 Å². The fraction of sp³-hybridized carbons (Fsp3) is 0.529. The summed E-state index contributed by atoms with van der Waals surface area (Å²) in [6.45, 7) is 3.82. The Kier molecular flexibility index (Phi) is 4.90. The van der Waals surface area contributed by atoms with Gasteiger partial charge in [0, 0.05) is 31.1 Å². The molecule has 6 heteroatoms. The average molecular weight is 336 g/mol. The van der Waals surface area contributed by atoms with E-state index in [9.17, 15) is 14.0 Å². The van der Waals surface area contributed by atoms with Crippen molar-refractivity contribution in [3.63, 3.8) is 0 Å². The summed E-state index contributed by atoms with van der Waals surface area (Å²) in [7, 11) is 0. The first-order valence-corrected chi connectivity index (χ1v) is 9.17. The van der Waals surface area contributed by atoms with Crippen molar-refractivity contribution in [1.29, 1.82) is 0 Å². The number of hydrogen-bond acceptors (Lipinski definition) is 3. The highest BCUT2D eigenvalue weighted by Crippen LogP contribution is 2.24. The maximum absolute atomic E-state index is 14.0. The molecule has 23 heavy (non-hydrogen) atoms. The molecular weight excluding hydrogens is 315 g/mol. The molecule has 124 valence electrons. The number of benzene rings is 1. The summed E-state index contributed by atoms with van der Waals surface area (Å²) < 4.78 is 14.0. The highest BCUT2D eigenvalue weighted by atomic mass is 32.2. The molecule has 2 fully saturated rings. The standard InChI is InChI=1S/C17H21FN2O2S/c1-12-4-5-14(18)13(11-12)16(21)20-6-2-3-15(20)17(22)19-7-9-23-10-8-19/h4-5,11,15H,2-3,6-10H2,1H3/t15-/m0/s1. The van der Waals surface area contributed by atoms with Crippen molar-refractivity contribution in [3.05, 3.63) is 35.1 Å². The second-order valence-corrected chi connectivity index (χ2v) is 7.30. The molecule has 1 atom stereocenters. The van der Waals surface area contributed by atoms with Crippen LogP contribution in [0, 0.1) is 12.7 Å². The van der Waals surface area contributed by atoms with Crippen LogP contribution in [0.5, 0.6) is 0 Å². The topological polar surface area (TPSA) is 40.6 Å². The smallest absolute Gasteiger partial charge is 0.257 e. The highest BCUT2D eigenvalue weighted by Gasteiger charge is 2.37. The lowest BCUT2D eigenvalue weighted by Crippen LogP contribution is -2.50. The zero-order valence-corrected chi connectivity index (χ0v) is 14.1. The molecule has 4 nitrogen and oxygen atoms in total. The van der Waals surface area contributed by atoms with E-state index in [4.69, 9.17) is 0 Å². The quantitative estimate of drug-likeness (QED) is 0.832. The molecular formula is C17H21FN2O2S. The van der Waals surface area contributed by atoms with E-state index in [-0.39, 0.29) is 17.4 Å². The van der Waals surface area contributed by atoms with E-state index in [2.05, 4.69) is 0 Å². The molecule has 2 amide bonds. The summed E-state index contributed by atoms with van der Waals surface area (Å²) in [6.07, 6.45) is 1.46. The van der Waals surface area contributed by atoms with Crippen LogP contribution >= 0.6 is 11.8 Å². The van der Waals surface area contributed by atoms with E-state index in [0.717, 1.165) is 36.6 Å². The van der Waals surface area contributed by atoms with E-state index in [0.29, 0.717) is 13.0 Å². The maximum atomic E-state index is 14.0. The molecule has 1 aromatic carbocycles. The molecule has 0 aliphatic carbocycles. The maximum Gasteiger partial charge on any atom is 0.257 e. The van der Waals surface area contributed by atoms with Crippen molar-refractivity contribution in [2.24, 2.45) is 0 Å². The van der Waals surface area contributed by atoms with Crippen molar-refractivity contribution in [2.45, 2.75) is 25.8 Å². The minimum Gasteiger partial charge on any atom is -0.339 e. The third-order valence-electron chi connectivity index (χ3n) is 4.47. The Hall–Kier alpha value is -1.56. The second kappa shape index (κ2) is 6.91. The molecule has 0 N–H and O–H groups in total. The van der Waals surface area contributed by atoms with Crippen molar-refractivity contribution >= 4 is 23.6 Å². The number of likely N-dealkylation sites (tertiary alicyclic amines) is 1. The van der Waals surface area contributed by atoms with Crippen LogP contribution in [0.1, 0.15) is 28.8 Å². The van der Waals surface area contributed by atoms with E-state index in [1.807, 2.05) is 23.6 Å². The Morgan fingerprint density at radius 2 is 1.96 bits per heavy atom. The van der Waals surface area contributed by atoms with Gasteiger partial charge in [-0.2, -0.15) is 11.8 Å². The van der Waals surface area contributed by atoms with Crippen molar-refractivity contribution < 1.29 is 14.0 Å². The average Bonchev–Trinajstić information content (AvgIpc) is 3.06. The van der Waals surface area contributed by atoms with Crippen molar-refractivity contribution in [2.75, 3.05) is 31.1 Å². The molecule has 0 saturated carbocycles. The molecule has 0 aromatic heterocycles. The van der Waals surface area contributed by atoms with Crippen LogP contribution in [-0.2, 0) is 4.79 Å². The first kappa shape index (κ1) is 16.3. The number of carbonyl (C=O) groups is 2. The monoisotopic (exact) mass is 336 g/mol. The molecule has 3 rings (SSSR count). The zero-order valence-electron chi connectivity index (χ0n) is 13.3. The number of carbonyl (C=O) groups excluding carboxylic acids is 2. The fourth-order valence-electron chi connectivity index (χ4n) is 3.22. The molecule has 0 bridgehead atoms. The number of halogens is 1. The molecule has 2 heterocycles. The van der Waals surface area contributed by atoms with Crippen LogP contribution in [0.25, 0.3) is 0 Å². The van der Waals surface area contributed by atoms with Crippen LogP contribution in [0.3, 0.4) is 0 Å². The second-order valence-electron chi connectivity index (χ2n) is 6.08. The first-order chi connectivity index (χ1) is 11.1. The Balaban J connectivity index is 1.79. The van der Waals surface area contributed by atoms with Crippen LogP contribution in [0.2, 0.25) is 0 Å². The molecule has 2 aliphatic rings. The van der Waals surface area contributed by atoms with Crippen LogP contribution in [0.4, 0.5) is 4.39 Å². The number of amides is 2. The summed E-state index contributed by atoms with van der Waals surface area (Å²) in [4.78, 5) is 28.9. The first-order valence-electron chi connectivity index (χ1n) is 8.01. The van der Waals surface area contributed by atoms with Gasteiger partial charge in [-0.25, -0.2) is 4.39 Å². The highest BCUT2D eigenvalue weighted by molar-refractivity contribution is 7.99. The van der Waals surface area contributed by atoms with Gasteiger partial charge in [-0.3, -0.25) is 9.59 Å². The molecule has 2 aliphatic heterocycles. The van der Waals surface area contributed by atoms with E-state index < -0.39 is 11.9 Å². The minimum atomic E-state index is -0.520. The Labute approximate surface area is 140 Å². The number of thioether (sulfide) groups is 1. The van der Waals surface area contributed by atoms with Gasteiger partial charge in [0.25, 0.3) is 5.91 Å². The van der Waals surface area contributed by atoms with E-state index in [1.165, 1.54) is 6.07 Å². The van der Waals surface area contributed by atoms with Crippen molar-refractivity contribution in [3.8, 4) is 0 Å². The lowest BCUT2D eigenvalue weighted by atomic mass is 10.1. The minimum absolute atomic E-state index is 0.0178. The molecule has 2 saturated heterocycles. The van der Waals surface area contributed by atoms with Crippen molar-refractivity contribution in [1.82, 2.24) is 9.80 Å². The SMILES string of the molecule is Cc1ccc(F)c(C(=O)N2CCC[C@H]2C(=O)N2CCSCC2)c1. The van der Waals surface area contributed by atoms with Crippen LogP contribution in [-0.4, -0.2) is 58.8 Å². The Bertz CT molecular complexity index is 617. The van der Waals surface area contributed by atoms with Gasteiger partial charge in [0.15, 0.2) is 0 Å². The van der Waals surface area contributed by atoms with E-state index >= 15 is 0 Å². The molecule has 0 unspecified atom stereocenters. The third kappa shape index (κ3) is 3.37. The number of aryl methyl sites for hydroxylation is 1. The van der Waals surface area contributed by atoms with Gasteiger partial charge in [-0.05, 0) is 31.9 Å². The summed E-state index contributed by atoms with van der Waals surface area (Å²) in [5.74, 6) is 1.02. The van der Waals surface area contributed by atoms with Gasteiger partial charge < -0.3 is 9.80 Å². The summed E-state index contributed by atoms with van der Waals surface area (Å²) in [6, 6.07) is 4.08. The molecule has 0 spiro atoms. The summed E-state index contributed by atoms with van der Waals surface area (Å²) >= 11 is 1.84. The fourth-order valence-corrected chi connectivity index (χ4v) is 4.12. The van der Waals surface area contributed by atoms with Crippen LogP contribution < -0.4 is 0 Å². The number of rotatable bonds is 2. The molecule has 1 aromatic rings. The summed E-state index contributed by atoms with van der Waals surface area (Å²) in [5.41, 5.74) is 0.906. The summed E-state index contributed by atoms with van der Waals surface area (Å²) in [5, 5.41) is 0. The zero-order chi connectivity index (χ0) is 16.4. The van der Waals surface area contributed by atoms with Gasteiger partial charge in [0.05, 0.1) is 5.56 Å². The van der Waals surface area contributed by atoms with Gasteiger partial charge >= 0.3 is 0 Å². The van der Waals surface area contributed by atoms with Gasteiger partial charge in [0.1, 0.15) is 11.9 Å². The van der Waals surface area contributed by atoms with Gasteiger partial charge in [-0.1, -0.05) is 11.6 Å². The normalized spacial score (nSPS) is 21.6. The number of hydrogen-bond donors (Lipinski definition) is 0. The lowest BCUT2D eigenvalue weighted by molar-refractivity contribution is -0.134. The predicted octanol–water partition coefficient (Wildman–Crippen LogP) is 2.31. The van der Waals surface area contributed by atoms with Gasteiger partial charge in [-0.15, -0.1) is 0 Å². The number of nitrogens with zero attached hydrogens (tertiary/aromatic N) is 2. The third-order valence-corrected chi connectivity index (χ3v) is 5.42. The van der Waals surface area contributed by atoms with Crippen LogP contribution in [0.15, 0.2) is 18.2 Å². The molecule has 0 radical (unpaired) electrons. The largest absolute Gasteiger partial charge is 0.339 e. The Morgan fingerprint density at radius 1 is 1.22 bits per heavy atom. The predicted molar refractivity (Wildman–Crippen MR) is 89.1 cm³/mol.